The number of carbonyl (C=O) groups is 2. The number of amides is 3. The van der Waals surface area contributed by atoms with E-state index in [-0.39, 0.29) is 24.4 Å². The van der Waals surface area contributed by atoms with Crippen molar-refractivity contribution in [3.8, 4) is 11.6 Å². The highest BCUT2D eigenvalue weighted by Gasteiger charge is 2.27. The molecule has 0 saturated carbocycles. The predicted octanol–water partition coefficient (Wildman–Crippen LogP) is 3.42. The van der Waals surface area contributed by atoms with Crippen LogP contribution in [0.1, 0.15) is 18.4 Å². The van der Waals surface area contributed by atoms with E-state index in [2.05, 4.69) is 25.8 Å². The molecule has 3 heterocycles. The molecule has 1 aliphatic rings. The Morgan fingerprint density at radius 1 is 1.22 bits per heavy atom. The lowest BCUT2D eigenvalue weighted by Crippen LogP contribution is -2.45. The van der Waals surface area contributed by atoms with E-state index in [9.17, 15) is 14.0 Å². The molecule has 3 amide bonds. The number of nitrogens with zero attached hydrogens (tertiary/aromatic N) is 4. The molecule has 1 aromatic carbocycles. The second kappa shape index (κ2) is 10.1. The monoisotopic (exact) mass is 456 g/mol. The Kier molecular flexibility index (Phi) is 6.85. The number of piperidine rings is 1. The highest BCUT2D eigenvalue weighted by molar-refractivity contribution is 7.13. The summed E-state index contributed by atoms with van der Waals surface area (Å²) >= 11 is 1.26. The van der Waals surface area contributed by atoms with Crippen LogP contribution in [0.2, 0.25) is 0 Å². The number of anilines is 1. The number of pyridine rings is 1. The SMILES string of the molecule is O=C(Nc1nncs1)C1CCN(C(=O)NCc2cccnc2Oc2cccc(F)c2)CC1. The third-order valence-corrected chi connectivity index (χ3v) is 5.64. The zero-order chi connectivity index (χ0) is 22.3. The van der Waals surface area contributed by atoms with E-state index in [1.165, 1.54) is 23.5 Å². The number of halogens is 1. The molecular formula is C21H21FN6O3S. The molecule has 0 unspecified atom stereocenters. The topological polar surface area (TPSA) is 109 Å². The predicted molar refractivity (Wildman–Crippen MR) is 116 cm³/mol. The summed E-state index contributed by atoms with van der Waals surface area (Å²) in [5.41, 5.74) is 2.22. The number of rotatable bonds is 6. The molecular weight excluding hydrogens is 435 g/mol. The van der Waals surface area contributed by atoms with Crippen LogP contribution in [0.4, 0.5) is 14.3 Å². The number of urea groups is 1. The van der Waals surface area contributed by atoms with Gasteiger partial charge in [0.05, 0.1) is 0 Å². The number of hydrogen-bond donors (Lipinski definition) is 2. The van der Waals surface area contributed by atoms with E-state index in [0.717, 1.165) is 0 Å². The van der Waals surface area contributed by atoms with Crippen LogP contribution in [0, 0.1) is 11.7 Å². The first-order valence-corrected chi connectivity index (χ1v) is 10.9. The minimum absolute atomic E-state index is 0.101. The van der Waals surface area contributed by atoms with Gasteiger partial charge in [-0.3, -0.25) is 4.79 Å². The molecule has 0 spiro atoms. The minimum atomic E-state index is -0.409. The van der Waals surface area contributed by atoms with Gasteiger partial charge in [0.25, 0.3) is 0 Å². The van der Waals surface area contributed by atoms with E-state index in [4.69, 9.17) is 4.74 Å². The maximum Gasteiger partial charge on any atom is 0.317 e. The van der Waals surface area contributed by atoms with Gasteiger partial charge in [0.2, 0.25) is 16.9 Å². The van der Waals surface area contributed by atoms with Crippen LogP contribution in [0.5, 0.6) is 11.6 Å². The largest absolute Gasteiger partial charge is 0.439 e. The maximum absolute atomic E-state index is 13.4. The lowest BCUT2D eigenvalue weighted by atomic mass is 9.96. The molecule has 1 fully saturated rings. The molecule has 166 valence electrons. The fourth-order valence-corrected chi connectivity index (χ4v) is 3.80. The molecule has 0 bridgehead atoms. The summed E-state index contributed by atoms with van der Waals surface area (Å²) in [5, 5.41) is 13.6. The number of nitrogens with one attached hydrogen (secondary N) is 2. The van der Waals surface area contributed by atoms with Crippen molar-refractivity contribution in [1.82, 2.24) is 25.4 Å². The Balaban J connectivity index is 1.28. The van der Waals surface area contributed by atoms with E-state index in [1.54, 1.807) is 40.9 Å². The van der Waals surface area contributed by atoms with Gasteiger partial charge in [-0.15, -0.1) is 10.2 Å². The van der Waals surface area contributed by atoms with Crippen molar-refractivity contribution in [3.63, 3.8) is 0 Å². The Morgan fingerprint density at radius 3 is 2.81 bits per heavy atom. The van der Waals surface area contributed by atoms with Crippen molar-refractivity contribution in [2.45, 2.75) is 19.4 Å². The van der Waals surface area contributed by atoms with Gasteiger partial charge in [0.15, 0.2) is 0 Å². The second-order valence-corrected chi connectivity index (χ2v) is 8.01. The third kappa shape index (κ3) is 5.55. The highest BCUT2D eigenvalue weighted by atomic mass is 32.1. The normalized spacial score (nSPS) is 14.1. The minimum Gasteiger partial charge on any atom is -0.439 e. The molecule has 2 N–H and O–H groups in total. The summed E-state index contributed by atoms with van der Waals surface area (Å²) in [6, 6.07) is 9.07. The number of ether oxygens (including phenoxy) is 1. The number of likely N-dealkylation sites (tertiary alicyclic amines) is 1. The van der Waals surface area contributed by atoms with Gasteiger partial charge in [-0.1, -0.05) is 23.5 Å². The molecule has 1 saturated heterocycles. The van der Waals surface area contributed by atoms with Gasteiger partial charge >= 0.3 is 6.03 Å². The van der Waals surface area contributed by atoms with E-state index in [0.29, 0.717) is 48.3 Å². The zero-order valence-electron chi connectivity index (χ0n) is 17.0. The average molecular weight is 457 g/mol. The van der Waals surface area contributed by atoms with Crippen LogP contribution >= 0.6 is 11.3 Å². The number of hydrogen-bond acceptors (Lipinski definition) is 7. The molecule has 3 aromatic rings. The fourth-order valence-electron chi connectivity index (χ4n) is 3.36. The van der Waals surface area contributed by atoms with E-state index < -0.39 is 5.82 Å². The van der Waals surface area contributed by atoms with Gasteiger partial charge in [-0.25, -0.2) is 14.2 Å². The van der Waals surface area contributed by atoms with Crippen molar-refractivity contribution in [2.75, 3.05) is 18.4 Å². The maximum atomic E-state index is 13.4. The first-order valence-electron chi connectivity index (χ1n) is 10.1. The second-order valence-electron chi connectivity index (χ2n) is 7.18. The van der Waals surface area contributed by atoms with Crippen LogP contribution in [-0.2, 0) is 11.3 Å². The first kappa shape index (κ1) is 21.6. The molecule has 32 heavy (non-hydrogen) atoms. The Bertz CT molecular complexity index is 1070. The standard InChI is InChI=1S/C21H21FN6O3S/c22-16-4-1-5-17(11-16)31-19-15(3-2-8-23-19)12-24-21(30)28-9-6-14(7-10-28)18(29)26-20-27-25-13-32-20/h1-5,8,11,13-14H,6-7,9-10,12H2,(H,24,30)(H,26,27,29). The van der Waals surface area contributed by atoms with Gasteiger partial charge in [-0.2, -0.15) is 0 Å². The van der Waals surface area contributed by atoms with Crippen molar-refractivity contribution >= 4 is 28.4 Å². The summed E-state index contributed by atoms with van der Waals surface area (Å²) < 4.78 is 19.1. The number of carbonyl (C=O) groups excluding carboxylic acids is 2. The van der Waals surface area contributed by atoms with Crippen LogP contribution < -0.4 is 15.4 Å². The third-order valence-electron chi connectivity index (χ3n) is 5.03. The van der Waals surface area contributed by atoms with Crippen LogP contribution in [-0.4, -0.2) is 45.1 Å². The molecule has 11 heteroatoms. The van der Waals surface area contributed by atoms with Gasteiger partial charge < -0.3 is 20.3 Å². The van der Waals surface area contributed by atoms with Crippen molar-refractivity contribution in [3.05, 3.63) is 59.5 Å². The highest BCUT2D eigenvalue weighted by Crippen LogP contribution is 2.24. The Morgan fingerprint density at radius 2 is 2.06 bits per heavy atom. The quantitative estimate of drug-likeness (QED) is 0.588. The zero-order valence-corrected chi connectivity index (χ0v) is 17.8. The smallest absolute Gasteiger partial charge is 0.317 e. The molecule has 0 radical (unpaired) electrons. The van der Waals surface area contributed by atoms with Gasteiger partial charge in [-0.05, 0) is 31.0 Å². The van der Waals surface area contributed by atoms with Crippen LogP contribution in [0.3, 0.4) is 0 Å². The molecule has 0 atom stereocenters. The van der Waals surface area contributed by atoms with E-state index in [1.807, 2.05) is 0 Å². The van der Waals surface area contributed by atoms with Crippen molar-refractivity contribution in [2.24, 2.45) is 5.92 Å². The Labute approximate surface area is 187 Å². The van der Waals surface area contributed by atoms with Crippen LogP contribution in [0.25, 0.3) is 0 Å². The Hall–Kier alpha value is -3.60. The number of benzene rings is 1. The van der Waals surface area contributed by atoms with Crippen molar-refractivity contribution in [1.29, 1.82) is 0 Å². The lowest BCUT2D eigenvalue weighted by Gasteiger charge is -2.31. The van der Waals surface area contributed by atoms with Gasteiger partial charge in [0.1, 0.15) is 17.1 Å². The average Bonchev–Trinajstić information content (AvgIpc) is 3.31. The molecule has 2 aromatic heterocycles. The molecule has 0 aliphatic carbocycles. The van der Waals surface area contributed by atoms with Crippen molar-refractivity contribution < 1.29 is 18.7 Å². The van der Waals surface area contributed by atoms with Gasteiger partial charge in [0, 0.05) is 43.4 Å². The number of aromatic nitrogens is 3. The summed E-state index contributed by atoms with van der Waals surface area (Å²) in [7, 11) is 0. The molecule has 4 rings (SSSR count). The first-order chi connectivity index (χ1) is 15.6. The summed E-state index contributed by atoms with van der Waals surface area (Å²) in [6.45, 7) is 1.15. The lowest BCUT2D eigenvalue weighted by molar-refractivity contribution is -0.121. The fraction of sp³-hybridized carbons (Fsp3) is 0.286. The molecule has 9 nitrogen and oxygen atoms in total. The van der Waals surface area contributed by atoms with Crippen LogP contribution in [0.15, 0.2) is 48.1 Å². The van der Waals surface area contributed by atoms with E-state index >= 15 is 0 Å². The summed E-state index contributed by atoms with van der Waals surface area (Å²) in [4.78, 5) is 30.8. The molecule has 1 aliphatic heterocycles. The summed E-state index contributed by atoms with van der Waals surface area (Å²) in [5.74, 6) is -0.0619. The summed E-state index contributed by atoms with van der Waals surface area (Å²) in [6.07, 6.45) is 2.70.